The minimum atomic E-state index is -0.424. The summed E-state index contributed by atoms with van der Waals surface area (Å²) in [6.45, 7) is 7.28. The highest BCUT2D eigenvalue weighted by Crippen LogP contribution is 2.27. The van der Waals surface area contributed by atoms with Crippen molar-refractivity contribution in [2.45, 2.75) is 39.0 Å². The Kier molecular flexibility index (Phi) is 5.37. The van der Waals surface area contributed by atoms with Gasteiger partial charge in [0.15, 0.2) is 5.75 Å². The van der Waals surface area contributed by atoms with Crippen LogP contribution in [0.5, 0.6) is 5.75 Å². The molecule has 0 aliphatic carbocycles. The summed E-state index contributed by atoms with van der Waals surface area (Å²) in [5.41, 5.74) is -0.228. The van der Waals surface area contributed by atoms with E-state index < -0.39 is 4.92 Å². The van der Waals surface area contributed by atoms with Gasteiger partial charge in [-0.3, -0.25) is 15.4 Å². The first-order valence-electron chi connectivity index (χ1n) is 7.47. The molecule has 121 valence electrons. The Morgan fingerprint density at radius 3 is 2.77 bits per heavy atom. The number of piperidine rings is 1. The minimum absolute atomic E-state index is 0.000994. The number of para-hydroxylation sites is 2. The van der Waals surface area contributed by atoms with Gasteiger partial charge in [0.1, 0.15) is 6.23 Å². The van der Waals surface area contributed by atoms with Crippen LogP contribution in [-0.4, -0.2) is 29.9 Å². The number of nitrogens with zero attached hydrogens (tertiary/aromatic N) is 1. The molecule has 0 saturated carbocycles. The van der Waals surface area contributed by atoms with Gasteiger partial charge in [0, 0.05) is 18.4 Å². The number of ether oxygens (including phenoxy) is 2. The second-order valence-electron chi connectivity index (χ2n) is 6.38. The standard InChI is InChI=1S/C16H23N2O4/c1-16(2,3)22-15-10-12(8-9-17-15)11-21-14-7-5-4-6-13(14)18(19)20/h4-7,10,12,15,17H,8-9,11H2,1-3H3. The van der Waals surface area contributed by atoms with Crippen LogP contribution in [-0.2, 0) is 4.74 Å². The first kappa shape index (κ1) is 16.7. The Hall–Kier alpha value is -1.66. The van der Waals surface area contributed by atoms with E-state index in [1.54, 1.807) is 18.2 Å². The van der Waals surface area contributed by atoms with E-state index >= 15 is 0 Å². The van der Waals surface area contributed by atoms with Gasteiger partial charge in [-0.2, -0.15) is 0 Å². The lowest BCUT2D eigenvalue weighted by atomic mass is 9.97. The average Bonchev–Trinajstić information content (AvgIpc) is 2.44. The van der Waals surface area contributed by atoms with Crippen molar-refractivity contribution in [1.82, 2.24) is 5.32 Å². The Morgan fingerprint density at radius 1 is 1.36 bits per heavy atom. The second kappa shape index (κ2) is 7.07. The van der Waals surface area contributed by atoms with Gasteiger partial charge in [-0.1, -0.05) is 12.1 Å². The average molecular weight is 307 g/mol. The van der Waals surface area contributed by atoms with Gasteiger partial charge in [0.05, 0.1) is 17.1 Å². The van der Waals surface area contributed by atoms with E-state index in [0.717, 1.165) is 13.0 Å². The van der Waals surface area contributed by atoms with E-state index in [9.17, 15) is 10.1 Å². The van der Waals surface area contributed by atoms with Crippen molar-refractivity contribution in [3.05, 3.63) is 40.8 Å². The molecule has 1 aromatic carbocycles. The summed E-state index contributed by atoms with van der Waals surface area (Å²) in [5, 5.41) is 14.3. The highest BCUT2D eigenvalue weighted by molar-refractivity contribution is 5.45. The molecule has 0 amide bonds. The summed E-state index contributed by atoms with van der Waals surface area (Å²) in [7, 11) is 0. The van der Waals surface area contributed by atoms with Crippen molar-refractivity contribution in [2.24, 2.45) is 5.92 Å². The van der Waals surface area contributed by atoms with Crippen LogP contribution in [0, 0.1) is 22.5 Å². The van der Waals surface area contributed by atoms with Gasteiger partial charge in [0.2, 0.25) is 0 Å². The van der Waals surface area contributed by atoms with Crippen molar-refractivity contribution in [3.63, 3.8) is 0 Å². The zero-order chi connectivity index (χ0) is 16.2. The quantitative estimate of drug-likeness (QED) is 0.669. The summed E-state index contributed by atoms with van der Waals surface area (Å²) in [6.07, 6.45) is 2.88. The van der Waals surface area contributed by atoms with Crippen LogP contribution in [0.1, 0.15) is 27.2 Å². The number of nitro benzene ring substituents is 1. The Morgan fingerprint density at radius 2 is 2.09 bits per heavy atom. The van der Waals surface area contributed by atoms with Crippen LogP contribution >= 0.6 is 0 Å². The van der Waals surface area contributed by atoms with Gasteiger partial charge < -0.3 is 9.47 Å². The molecule has 2 rings (SSSR count). The molecular weight excluding hydrogens is 284 g/mol. The van der Waals surface area contributed by atoms with Gasteiger partial charge in [-0.05, 0) is 39.8 Å². The molecular formula is C16H23N2O4. The lowest BCUT2D eigenvalue weighted by Crippen LogP contribution is -2.45. The number of nitro groups is 1. The zero-order valence-electron chi connectivity index (χ0n) is 13.2. The molecule has 1 aromatic rings. The first-order valence-corrected chi connectivity index (χ1v) is 7.47. The van der Waals surface area contributed by atoms with E-state index in [0.29, 0.717) is 12.4 Å². The number of rotatable bonds is 5. The lowest BCUT2D eigenvalue weighted by Gasteiger charge is -2.34. The number of hydrogen-bond acceptors (Lipinski definition) is 5. The third kappa shape index (κ3) is 4.96. The lowest BCUT2D eigenvalue weighted by molar-refractivity contribution is -0.385. The summed E-state index contributed by atoms with van der Waals surface area (Å²) < 4.78 is 11.6. The Bertz CT molecular complexity index is 513. The van der Waals surface area contributed by atoms with Crippen LogP contribution < -0.4 is 10.1 Å². The van der Waals surface area contributed by atoms with Crippen LogP contribution in [0.15, 0.2) is 24.3 Å². The third-order valence-corrected chi connectivity index (χ3v) is 3.30. The van der Waals surface area contributed by atoms with E-state index in [2.05, 4.69) is 11.7 Å². The van der Waals surface area contributed by atoms with E-state index in [1.165, 1.54) is 6.07 Å². The maximum atomic E-state index is 11.0. The number of benzene rings is 1. The Labute approximate surface area is 131 Å². The normalized spacial score (nSPS) is 22.3. The molecule has 0 spiro atoms. The SMILES string of the molecule is CC(C)(C)OC1[CH]C(COc2ccccc2[N+](=O)[O-])CCN1. The molecule has 1 fully saturated rings. The fourth-order valence-electron chi connectivity index (χ4n) is 2.35. The minimum Gasteiger partial charge on any atom is -0.487 e. The third-order valence-electron chi connectivity index (χ3n) is 3.30. The maximum Gasteiger partial charge on any atom is 0.310 e. The fraction of sp³-hybridized carbons (Fsp3) is 0.562. The highest BCUT2D eigenvalue weighted by atomic mass is 16.6. The summed E-state index contributed by atoms with van der Waals surface area (Å²) >= 11 is 0. The van der Waals surface area contributed by atoms with Crippen molar-refractivity contribution in [3.8, 4) is 5.75 Å². The molecule has 0 bridgehead atoms. The molecule has 6 nitrogen and oxygen atoms in total. The molecule has 1 aliphatic rings. The van der Waals surface area contributed by atoms with E-state index in [-0.39, 0.29) is 23.4 Å². The van der Waals surface area contributed by atoms with Crippen molar-refractivity contribution >= 4 is 5.69 Å². The van der Waals surface area contributed by atoms with Gasteiger partial charge in [-0.15, -0.1) is 0 Å². The molecule has 0 aromatic heterocycles. The molecule has 1 radical (unpaired) electrons. The topological polar surface area (TPSA) is 73.6 Å². The predicted molar refractivity (Wildman–Crippen MR) is 83.6 cm³/mol. The molecule has 2 atom stereocenters. The van der Waals surface area contributed by atoms with Crippen LogP contribution in [0.25, 0.3) is 0 Å². The van der Waals surface area contributed by atoms with Crippen molar-refractivity contribution in [1.29, 1.82) is 0 Å². The van der Waals surface area contributed by atoms with E-state index in [4.69, 9.17) is 9.47 Å². The molecule has 1 heterocycles. The predicted octanol–water partition coefficient (Wildman–Crippen LogP) is 2.93. The molecule has 22 heavy (non-hydrogen) atoms. The highest BCUT2D eigenvalue weighted by Gasteiger charge is 2.27. The monoisotopic (exact) mass is 307 g/mol. The van der Waals surface area contributed by atoms with Gasteiger partial charge in [0.25, 0.3) is 0 Å². The Balaban J connectivity index is 1.90. The van der Waals surface area contributed by atoms with Crippen molar-refractivity contribution < 1.29 is 14.4 Å². The van der Waals surface area contributed by atoms with Gasteiger partial charge in [-0.25, -0.2) is 0 Å². The number of nitrogens with one attached hydrogen (secondary N) is 1. The second-order valence-corrected chi connectivity index (χ2v) is 6.38. The maximum absolute atomic E-state index is 11.0. The summed E-state index contributed by atoms with van der Waals surface area (Å²) in [5.74, 6) is 0.515. The molecule has 1 aliphatic heterocycles. The van der Waals surface area contributed by atoms with Crippen LogP contribution in [0.2, 0.25) is 0 Å². The molecule has 1 saturated heterocycles. The van der Waals surface area contributed by atoms with Crippen LogP contribution in [0.4, 0.5) is 5.69 Å². The molecule has 1 N–H and O–H groups in total. The first-order chi connectivity index (χ1) is 10.3. The molecule has 6 heteroatoms. The van der Waals surface area contributed by atoms with Crippen LogP contribution in [0.3, 0.4) is 0 Å². The molecule has 2 unspecified atom stereocenters. The van der Waals surface area contributed by atoms with Gasteiger partial charge >= 0.3 is 5.69 Å². The zero-order valence-corrected chi connectivity index (χ0v) is 13.2. The van der Waals surface area contributed by atoms with Crippen molar-refractivity contribution in [2.75, 3.05) is 13.2 Å². The number of hydrogen-bond donors (Lipinski definition) is 1. The fourth-order valence-corrected chi connectivity index (χ4v) is 2.35. The smallest absolute Gasteiger partial charge is 0.310 e. The summed E-state index contributed by atoms with van der Waals surface area (Å²) in [6, 6.07) is 6.45. The summed E-state index contributed by atoms with van der Waals surface area (Å²) in [4.78, 5) is 10.5. The largest absolute Gasteiger partial charge is 0.487 e. The van der Waals surface area contributed by atoms with E-state index in [1.807, 2.05) is 20.8 Å².